The average molecular weight is 1320 g/mol. The number of hydrogen-bond donors (Lipinski definition) is 0. The Morgan fingerprint density at radius 2 is 0.485 bits per heavy atom. The van der Waals surface area contributed by atoms with E-state index in [2.05, 4.69) is 392 Å². The van der Waals surface area contributed by atoms with Gasteiger partial charge in [-0.1, -0.05) is 288 Å². The summed E-state index contributed by atoms with van der Waals surface area (Å²) in [6.45, 7) is 41.6. The maximum atomic E-state index is 2.61. The van der Waals surface area contributed by atoms with Crippen LogP contribution in [0.5, 0.6) is 0 Å². The van der Waals surface area contributed by atoms with E-state index < -0.39 is 0 Å². The minimum absolute atomic E-state index is 0.0528. The molecule has 0 saturated heterocycles. The Balaban J connectivity index is 0.997. The second-order valence-electron chi connectivity index (χ2n) is 35.2. The first-order valence-corrected chi connectivity index (χ1v) is 36.6. The van der Waals surface area contributed by atoms with Crippen molar-refractivity contribution in [2.45, 2.75) is 157 Å². The zero-order chi connectivity index (χ0) is 70.8. The molecule has 0 N–H and O–H groups in total. The van der Waals surface area contributed by atoms with Gasteiger partial charge in [0.15, 0.2) is 0 Å². The molecule has 0 aliphatic carbocycles. The van der Waals surface area contributed by atoms with E-state index in [1.807, 2.05) is 0 Å². The summed E-state index contributed by atoms with van der Waals surface area (Å²) in [7, 11) is 0. The second kappa shape index (κ2) is 23.2. The molecule has 4 heterocycles. The smallest absolute Gasteiger partial charge is 0.252 e. The highest BCUT2D eigenvalue weighted by Gasteiger charge is 2.44. The first-order chi connectivity index (χ1) is 47.8. The highest BCUT2D eigenvalue weighted by atomic mass is 15.2. The highest BCUT2D eigenvalue weighted by Crippen LogP contribution is 2.50. The van der Waals surface area contributed by atoms with Gasteiger partial charge in [0.2, 0.25) is 0 Å². The Labute approximate surface area is 600 Å². The van der Waals surface area contributed by atoms with Crippen molar-refractivity contribution in [2.75, 3.05) is 9.80 Å². The van der Waals surface area contributed by atoms with E-state index in [1.54, 1.807) is 0 Å². The van der Waals surface area contributed by atoms with E-state index in [0.717, 1.165) is 56.6 Å². The molecular formula is C96H95BN4. The normalized spacial score (nSPS) is 13.6. The second-order valence-corrected chi connectivity index (χ2v) is 35.2. The number of hydrogen-bond acceptors (Lipinski definition) is 2. The Hall–Kier alpha value is -10.1. The van der Waals surface area contributed by atoms with Gasteiger partial charge in [-0.25, -0.2) is 0 Å². The molecule has 0 saturated carbocycles. The topological polar surface area (TPSA) is 16.3 Å². The molecule has 2 aromatic heterocycles. The maximum Gasteiger partial charge on any atom is 0.252 e. The molecule has 4 nitrogen and oxygen atoms in total. The van der Waals surface area contributed by atoms with Crippen LogP contribution in [0.1, 0.15) is 158 Å². The lowest BCUT2D eigenvalue weighted by Gasteiger charge is -2.44. The molecule has 0 amide bonds. The van der Waals surface area contributed by atoms with E-state index >= 15 is 0 Å². The fraction of sp³-hybridized carbons (Fsp3) is 0.250. The van der Waals surface area contributed by atoms with E-state index in [1.165, 1.54) is 116 Å². The van der Waals surface area contributed by atoms with Crippen LogP contribution in [0, 0.1) is 0 Å². The Kier molecular flexibility index (Phi) is 15.1. The van der Waals surface area contributed by atoms with Crippen LogP contribution in [0.4, 0.5) is 34.1 Å². The maximum absolute atomic E-state index is 2.61. The summed E-state index contributed by atoms with van der Waals surface area (Å²) >= 11 is 0. The molecule has 5 heteroatoms. The number of anilines is 6. The first kappa shape index (κ1) is 65.5. The van der Waals surface area contributed by atoms with Crippen molar-refractivity contribution in [2.24, 2.45) is 0 Å². The predicted octanol–water partition coefficient (Wildman–Crippen LogP) is 24.7. The standard InChI is InChI=1S/C96H95BN4/c1-91(2,3)66-32-24-61(25-33-66)63-28-40-72(41-29-63)98-86-58-74(100-82-54-68(93(7,8)9)36-46-76(82)77-47-37-69(55-83(77)100)94(10,11)12)44-50-80(86)97-81-51-45-75(101-84-56-70(95(13,14)15)38-48-78(84)79-49-39-71(57-85(79)101)96(16,17)18)59-87(81)99(89-53-65(52-88(98)90(89)97)60-22-20-19-21-23-60)73-42-30-64(31-43-73)62-26-34-67(35-27-62)92(4,5)6/h19-59H,1-18H3. The molecule has 2 aliphatic heterocycles. The SMILES string of the molecule is CC(C)(C)c1ccc(-c2ccc(N3c4cc(-n5c6cc(C(C)(C)C)ccc6c6ccc(C(C)(C)C)cc65)ccc4B4c5ccc(-n6c7cc(C(C)(C)C)ccc7c7ccc(C(C)(C)C)cc76)cc5N(c5ccc(-c6ccc(C(C)(C)C)cc6)cc5)c5cc(-c6ccccc6)cc3c54)cc2)cc1. The molecule has 0 spiro atoms. The summed E-state index contributed by atoms with van der Waals surface area (Å²) in [6.07, 6.45) is 0. The van der Waals surface area contributed by atoms with Crippen LogP contribution in [0.25, 0.3) is 88.4 Å². The molecule has 2 aliphatic rings. The van der Waals surface area contributed by atoms with Gasteiger partial charge in [-0.05, 0) is 201 Å². The van der Waals surface area contributed by atoms with E-state index in [-0.39, 0.29) is 39.2 Å². The number of aromatic nitrogens is 2. The number of benzene rings is 12. The molecule has 0 unspecified atom stereocenters. The number of rotatable bonds is 7. The monoisotopic (exact) mass is 1310 g/mol. The van der Waals surface area contributed by atoms with Gasteiger partial charge in [-0.3, -0.25) is 0 Å². The van der Waals surface area contributed by atoms with Gasteiger partial charge < -0.3 is 18.9 Å². The van der Waals surface area contributed by atoms with E-state index in [4.69, 9.17) is 0 Å². The average Bonchev–Trinajstić information content (AvgIpc) is 1.13. The van der Waals surface area contributed by atoms with Gasteiger partial charge >= 0.3 is 0 Å². The van der Waals surface area contributed by atoms with Crippen LogP contribution >= 0.6 is 0 Å². The summed E-state index contributed by atoms with van der Waals surface area (Å²) in [5, 5.41) is 5.03. The fourth-order valence-electron chi connectivity index (χ4n) is 16.0. The van der Waals surface area contributed by atoms with Gasteiger partial charge in [-0.15, -0.1) is 0 Å². The van der Waals surface area contributed by atoms with Crippen LogP contribution in [-0.2, 0) is 32.5 Å². The van der Waals surface area contributed by atoms with Crippen molar-refractivity contribution in [3.63, 3.8) is 0 Å². The van der Waals surface area contributed by atoms with Crippen LogP contribution < -0.4 is 26.2 Å². The van der Waals surface area contributed by atoms with Crippen molar-refractivity contribution >= 4 is 101 Å². The molecule has 101 heavy (non-hydrogen) atoms. The highest BCUT2D eigenvalue weighted by molar-refractivity contribution is 7.00. The lowest BCUT2D eigenvalue weighted by Crippen LogP contribution is -2.61. The minimum atomic E-state index is -0.164. The van der Waals surface area contributed by atoms with Gasteiger partial charge in [0.1, 0.15) is 0 Å². The number of nitrogens with zero attached hydrogens (tertiary/aromatic N) is 4. The zero-order valence-electron chi connectivity index (χ0n) is 62.5. The molecule has 14 aromatic rings. The molecular weight excluding hydrogens is 1220 g/mol. The van der Waals surface area contributed by atoms with Gasteiger partial charge in [-0.2, -0.15) is 0 Å². The van der Waals surface area contributed by atoms with Gasteiger partial charge in [0.05, 0.1) is 22.1 Å². The van der Waals surface area contributed by atoms with Crippen LogP contribution in [-0.4, -0.2) is 15.8 Å². The Morgan fingerprint density at radius 1 is 0.218 bits per heavy atom. The third-order valence-corrected chi connectivity index (χ3v) is 22.1. The third kappa shape index (κ3) is 11.3. The molecule has 0 atom stereocenters. The molecule has 502 valence electrons. The molecule has 16 rings (SSSR count). The molecule has 12 aromatic carbocycles. The van der Waals surface area contributed by atoms with Crippen molar-refractivity contribution in [1.82, 2.24) is 9.13 Å². The summed E-state index contributed by atoms with van der Waals surface area (Å²) in [6, 6.07) is 97.0. The van der Waals surface area contributed by atoms with Crippen molar-refractivity contribution in [3.05, 3.63) is 282 Å². The van der Waals surface area contributed by atoms with Crippen molar-refractivity contribution < 1.29 is 0 Å². The summed E-state index contributed by atoms with van der Waals surface area (Å²) < 4.78 is 5.15. The lowest BCUT2D eigenvalue weighted by molar-refractivity contribution is 0.590. The predicted molar refractivity (Wildman–Crippen MR) is 438 cm³/mol. The van der Waals surface area contributed by atoms with Crippen LogP contribution in [0.15, 0.2) is 249 Å². The van der Waals surface area contributed by atoms with Crippen molar-refractivity contribution in [1.29, 1.82) is 0 Å². The largest absolute Gasteiger partial charge is 0.311 e. The molecule has 0 bridgehead atoms. The molecule has 0 fully saturated rings. The summed E-state index contributed by atoms with van der Waals surface area (Å²) in [5.74, 6) is 0. The van der Waals surface area contributed by atoms with Crippen LogP contribution in [0.3, 0.4) is 0 Å². The quantitative estimate of drug-likeness (QED) is 0.148. The van der Waals surface area contributed by atoms with Gasteiger partial charge in [0, 0.05) is 67.0 Å². The van der Waals surface area contributed by atoms with E-state index in [0.29, 0.717) is 0 Å². The summed E-state index contributed by atoms with van der Waals surface area (Å²) in [4.78, 5) is 5.23. The van der Waals surface area contributed by atoms with E-state index in [9.17, 15) is 0 Å². The number of fused-ring (bicyclic) bond motifs is 10. The first-order valence-electron chi connectivity index (χ1n) is 36.6. The Morgan fingerprint density at radius 3 is 0.782 bits per heavy atom. The van der Waals surface area contributed by atoms with Crippen molar-refractivity contribution in [3.8, 4) is 44.8 Å². The fourth-order valence-corrected chi connectivity index (χ4v) is 16.0. The van der Waals surface area contributed by atoms with Gasteiger partial charge in [0.25, 0.3) is 6.71 Å². The summed E-state index contributed by atoms with van der Waals surface area (Å²) in [5.41, 5.74) is 32.6. The van der Waals surface area contributed by atoms with Crippen LogP contribution in [0.2, 0.25) is 0 Å². The molecule has 0 radical (unpaired) electrons. The Bertz CT molecular complexity index is 5130. The lowest BCUT2D eigenvalue weighted by atomic mass is 9.33. The zero-order valence-corrected chi connectivity index (χ0v) is 62.5. The third-order valence-electron chi connectivity index (χ3n) is 22.1. The minimum Gasteiger partial charge on any atom is -0.311 e.